The van der Waals surface area contributed by atoms with E-state index in [4.69, 9.17) is 0 Å². The van der Waals surface area contributed by atoms with Gasteiger partial charge in [0.1, 0.15) is 11.9 Å². The lowest BCUT2D eigenvalue weighted by molar-refractivity contribution is -0.137. The third-order valence-electron chi connectivity index (χ3n) is 10.1. The van der Waals surface area contributed by atoms with Crippen molar-refractivity contribution in [3.05, 3.63) is 76.1 Å². The van der Waals surface area contributed by atoms with Crippen molar-refractivity contribution in [2.75, 3.05) is 13.1 Å². The number of hydrogen-bond donors (Lipinski definition) is 1. The predicted octanol–water partition coefficient (Wildman–Crippen LogP) is 4.04. The highest BCUT2D eigenvalue weighted by Gasteiger charge is 2.47. The number of allylic oxidation sites excluding steroid dienone is 1. The number of nitrogens with one attached hydrogen (secondary N) is 1. The molecule has 0 aromatic heterocycles. The van der Waals surface area contributed by atoms with Gasteiger partial charge in [-0.05, 0) is 78.0 Å². The molecule has 3 saturated heterocycles. The van der Waals surface area contributed by atoms with Gasteiger partial charge >= 0.3 is 0 Å². The van der Waals surface area contributed by atoms with E-state index < -0.39 is 11.9 Å². The first-order chi connectivity index (χ1) is 20.6. The van der Waals surface area contributed by atoms with E-state index in [-0.39, 0.29) is 47.5 Å². The lowest BCUT2D eigenvalue weighted by Gasteiger charge is -2.38. The maximum absolute atomic E-state index is 14.0. The Hall–Kier alpha value is -3.85. The van der Waals surface area contributed by atoms with E-state index in [1.807, 2.05) is 12.1 Å². The van der Waals surface area contributed by atoms with Crippen LogP contribution in [0.25, 0.3) is 5.57 Å². The Bertz CT molecular complexity index is 1560. The number of hydrogen-bond acceptors (Lipinski definition) is 5. The molecule has 43 heavy (non-hydrogen) atoms. The van der Waals surface area contributed by atoms with Crippen LogP contribution in [-0.4, -0.2) is 69.5 Å². The molecule has 1 N–H and O–H groups in total. The molecular formula is C34H37FN4O4. The van der Waals surface area contributed by atoms with Crippen molar-refractivity contribution in [1.29, 1.82) is 0 Å². The Morgan fingerprint density at radius 2 is 1.81 bits per heavy atom. The van der Waals surface area contributed by atoms with Crippen molar-refractivity contribution in [2.45, 2.75) is 83.6 Å². The molecule has 224 valence electrons. The first-order valence-corrected chi connectivity index (χ1v) is 15.4. The number of carbonyl (C=O) groups is 4. The molecule has 3 atom stereocenters. The summed E-state index contributed by atoms with van der Waals surface area (Å²) in [6.07, 6.45) is 4.03. The summed E-state index contributed by atoms with van der Waals surface area (Å²) in [5.74, 6) is -0.994. The number of carbonyl (C=O) groups excluding carboxylic acids is 4. The van der Waals surface area contributed by atoms with Gasteiger partial charge in [-0.25, -0.2) is 4.39 Å². The van der Waals surface area contributed by atoms with Gasteiger partial charge in [0, 0.05) is 55.8 Å². The fraction of sp³-hybridized carbons (Fsp3) is 0.471. The molecule has 9 heteroatoms. The minimum absolute atomic E-state index is 0.0910. The van der Waals surface area contributed by atoms with E-state index in [2.05, 4.69) is 35.0 Å². The second kappa shape index (κ2) is 10.4. The van der Waals surface area contributed by atoms with E-state index in [0.717, 1.165) is 66.6 Å². The van der Waals surface area contributed by atoms with E-state index in [1.54, 1.807) is 17.0 Å². The third kappa shape index (κ3) is 5.07. The zero-order valence-electron chi connectivity index (χ0n) is 24.7. The molecule has 4 amide bonds. The van der Waals surface area contributed by atoms with Crippen molar-refractivity contribution in [1.82, 2.24) is 20.0 Å². The topological polar surface area (TPSA) is 90.0 Å². The SMILES string of the molecule is CC1(C)CCC(C(=O)N2C[C@H]3C[C@@H]2CN3Cc2ccc3c(c2)CN(C2CCC(=O)NC2=O)C3=O)=C(c2ccc(F)cc2)C1. The molecule has 0 radical (unpaired) electrons. The summed E-state index contributed by atoms with van der Waals surface area (Å²) in [6, 6.07) is 12.3. The molecule has 1 unspecified atom stereocenters. The number of fused-ring (bicyclic) bond motifs is 3. The number of amides is 4. The van der Waals surface area contributed by atoms with Crippen LogP contribution in [0.15, 0.2) is 48.0 Å². The van der Waals surface area contributed by atoms with Gasteiger partial charge in [0.25, 0.3) is 5.91 Å². The van der Waals surface area contributed by atoms with Gasteiger partial charge in [-0.1, -0.05) is 38.1 Å². The van der Waals surface area contributed by atoms with Gasteiger partial charge in [-0.3, -0.25) is 29.4 Å². The Labute approximate surface area is 250 Å². The number of nitrogens with zero attached hydrogens (tertiary/aromatic N) is 3. The van der Waals surface area contributed by atoms with Crippen LogP contribution in [0, 0.1) is 11.2 Å². The average molecular weight is 585 g/mol. The van der Waals surface area contributed by atoms with Crippen LogP contribution < -0.4 is 5.32 Å². The number of halogens is 1. The van der Waals surface area contributed by atoms with Gasteiger partial charge in [0.15, 0.2) is 0 Å². The monoisotopic (exact) mass is 584 g/mol. The van der Waals surface area contributed by atoms with Crippen LogP contribution in [0.2, 0.25) is 0 Å². The van der Waals surface area contributed by atoms with Gasteiger partial charge in [-0.15, -0.1) is 0 Å². The van der Waals surface area contributed by atoms with Crippen molar-refractivity contribution in [3.63, 3.8) is 0 Å². The van der Waals surface area contributed by atoms with Crippen LogP contribution in [0.1, 0.15) is 79.4 Å². The number of piperidine rings is 1. The van der Waals surface area contributed by atoms with E-state index in [1.165, 1.54) is 12.1 Å². The minimum Gasteiger partial charge on any atom is -0.333 e. The van der Waals surface area contributed by atoms with Crippen molar-refractivity contribution < 1.29 is 23.6 Å². The minimum atomic E-state index is -0.618. The Morgan fingerprint density at radius 3 is 2.53 bits per heavy atom. The molecule has 0 spiro atoms. The molecule has 0 saturated carbocycles. The Morgan fingerprint density at radius 1 is 1.02 bits per heavy atom. The second-order valence-corrected chi connectivity index (χ2v) is 13.6. The quantitative estimate of drug-likeness (QED) is 0.536. The molecule has 4 heterocycles. The van der Waals surface area contributed by atoms with Crippen LogP contribution in [-0.2, 0) is 27.5 Å². The highest BCUT2D eigenvalue weighted by atomic mass is 19.1. The summed E-state index contributed by atoms with van der Waals surface area (Å²) >= 11 is 0. The third-order valence-corrected chi connectivity index (χ3v) is 10.1. The molecule has 5 aliphatic rings. The molecule has 2 aromatic rings. The maximum Gasteiger partial charge on any atom is 0.255 e. The van der Waals surface area contributed by atoms with Crippen molar-refractivity contribution >= 4 is 29.2 Å². The van der Waals surface area contributed by atoms with Crippen LogP contribution >= 0.6 is 0 Å². The van der Waals surface area contributed by atoms with E-state index >= 15 is 0 Å². The molecule has 2 bridgehead atoms. The lowest BCUT2D eigenvalue weighted by Crippen LogP contribution is -2.52. The smallest absolute Gasteiger partial charge is 0.255 e. The Balaban J connectivity index is 1.03. The largest absolute Gasteiger partial charge is 0.333 e. The molecule has 3 fully saturated rings. The second-order valence-electron chi connectivity index (χ2n) is 13.6. The first kappa shape index (κ1) is 28.0. The van der Waals surface area contributed by atoms with E-state index in [0.29, 0.717) is 25.1 Å². The molecule has 1 aliphatic carbocycles. The summed E-state index contributed by atoms with van der Waals surface area (Å²) in [7, 11) is 0. The molecule has 4 aliphatic heterocycles. The van der Waals surface area contributed by atoms with Gasteiger partial charge in [-0.2, -0.15) is 0 Å². The molecular weight excluding hydrogens is 547 g/mol. The van der Waals surface area contributed by atoms with Gasteiger partial charge in [0.05, 0.1) is 0 Å². The number of imide groups is 1. The standard InChI is InChI=1S/C34H37FN4O4/c1-34(2)12-11-27(28(15-34)21-4-6-23(35)7-5-21)33(43)38-19-24-14-25(38)18-37(24)16-20-3-8-26-22(13-20)17-39(32(26)42)29-9-10-30(40)36-31(29)41/h3-8,13,24-25,29H,9-12,14-19H2,1-2H3,(H,36,40,41)/t24-,25-,29?/m1/s1. The summed E-state index contributed by atoms with van der Waals surface area (Å²) in [5.41, 5.74) is 5.61. The number of benzene rings is 2. The van der Waals surface area contributed by atoms with Crippen LogP contribution in [0.4, 0.5) is 4.39 Å². The maximum atomic E-state index is 14.0. The highest BCUT2D eigenvalue weighted by Crippen LogP contribution is 2.44. The summed E-state index contributed by atoms with van der Waals surface area (Å²) in [5, 5.41) is 2.35. The van der Waals surface area contributed by atoms with Gasteiger partial charge < -0.3 is 9.80 Å². The number of likely N-dealkylation sites (tertiary alicyclic amines) is 2. The fourth-order valence-corrected chi connectivity index (χ4v) is 7.78. The summed E-state index contributed by atoms with van der Waals surface area (Å²) in [6.45, 7) is 7.06. The Kier molecular flexibility index (Phi) is 6.76. The lowest BCUT2D eigenvalue weighted by atomic mass is 9.72. The van der Waals surface area contributed by atoms with Gasteiger partial charge in [0.2, 0.25) is 17.7 Å². The zero-order chi connectivity index (χ0) is 30.0. The normalized spacial score (nSPS) is 26.8. The number of rotatable bonds is 5. The zero-order valence-corrected chi connectivity index (χ0v) is 24.7. The number of piperazine rings is 1. The predicted molar refractivity (Wildman–Crippen MR) is 158 cm³/mol. The first-order valence-electron chi connectivity index (χ1n) is 15.4. The van der Waals surface area contributed by atoms with Crippen LogP contribution in [0.3, 0.4) is 0 Å². The van der Waals surface area contributed by atoms with Crippen molar-refractivity contribution in [2.24, 2.45) is 5.41 Å². The fourth-order valence-electron chi connectivity index (χ4n) is 7.78. The van der Waals surface area contributed by atoms with Crippen LogP contribution in [0.5, 0.6) is 0 Å². The average Bonchev–Trinajstić information content (AvgIpc) is 3.65. The molecule has 8 nitrogen and oxygen atoms in total. The summed E-state index contributed by atoms with van der Waals surface area (Å²) in [4.78, 5) is 57.1. The summed E-state index contributed by atoms with van der Waals surface area (Å²) < 4.78 is 13.7. The van der Waals surface area contributed by atoms with Crippen molar-refractivity contribution in [3.8, 4) is 0 Å². The molecule has 7 rings (SSSR count). The molecule has 2 aromatic carbocycles. The van der Waals surface area contributed by atoms with E-state index in [9.17, 15) is 23.6 Å². The highest BCUT2D eigenvalue weighted by molar-refractivity contribution is 6.05.